The van der Waals surface area contributed by atoms with Gasteiger partial charge < -0.3 is 9.80 Å². The third-order valence-corrected chi connectivity index (χ3v) is 12.4. The number of benzene rings is 4. The van der Waals surface area contributed by atoms with E-state index in [0.717, 1.165) is 11.4 Å². The third-order valence-electron chi connectivity index (χ3n) is 11.2. The summed E-state index contributed by atoms with van der Waals surface area (Å²) in [5.41, 5.74) is 15.5. The molecule has 0 saturated carbocycles. The molecule has 6 aromatic rings. The van der Waals surface area contributed by atoms with Gasteiger partial charge in [0.25, 0.3) is 6.71 Å². The number of anilines is 6. The fourth-order valence-electron chi connectivity index (χ4n) is 7.99. The molecular formula is C47H52BN3S. The number of aromatic nitrogens is 1. The van der Waals surface area contributed by atoms with Crippen molar-refractivity contribution in [3.63, 3.8) is 0 Å². The SMILES string of the molecule is CC(C)(C)c1ccc(N2c3cnccc3B3c4sc5ccc(C(C)(C)C)cc5c4N(c4ccc(C(C)(C)C)cc4)c4cc(C(C)(C)C)cc2c43)cc1. The summed E-state index contributed by atoms with van der Waals surface area (Å²) in [5.74, 6) is 0. The van der Waals surface area contributed by atoms with E-state index < -0.39 is 0 Å². The first-order valence-corrected chi connectivity index (χ1v) is 19.6. The number of hydrogen-bond donors (Lipinski definition) is 0. The van der Waals surface area contributed by atoms with Crippen LogP contribution >= 0.6 is 11.3 Å². The van der Waals surface area contributed by atoms with Crippen LogP contribution in [0.4, 0.5) is 34.1 Å². The zero-order chi connectivity index (χ0) is 37.1. The average molecular weight is 702 g/mol. The second-order valence-corrected chi connectivity index (χ2v) is 20.2. The maximum absolute atomic E-state index is 4.76. The van der Waals surface area contributed by atoms with Gasteiger partial charge in [0.15, 0.2) is 0 Å². The molecule has 0 spiro atoms. The molecule has 5 heteroatoms. The van der Waals surface area contributed by atoms with Gasteiger partial charge in [-0.1, -0.05) is 113 Å². The lowest BCUT2D eigenvalue weighted by Gasteiger charge is -2.44. The molecule has 264 valence electrons. The standard InChI is InChI=1S/C47H52BN3S/c1-44(2,3)29-13-18-33(19-14-29)50-37-26-32(47(10,11)12)27-38-41(37)48(36-23-24-49-28-39(36)50)43-42(35-25-31(46(7,8)9)17-22-40(35)52-43)51(38)34-20-15-30(16-21-34)45(4,5)6/h13-28H,1-12H3. The maximum Gasteiger partial charge on any atom is 0.264 e. The first-order chi connectivity index (χ1) is 24.3. The summed E-state index contributed by atoms with van der Waals surface area (Å²) in [5, 5.41) is 1.33. The zero-order valence-electron chi connectivity index (χ0n) is 33.1. The summed E-state index contributed by atoms with van der Waals surface area (Å²) >= 11 is 1.96. The third kappa shape index (κ3) is 5.59. The van der Waals surface area contributed by atoms with E-state index in [2.05, 4.69) is 184 Å². The first-order valence-electron chi connectivity index (χ1n) is 18.8. The van der Waals surface area contributed by atoms with Crippen molar-refractivity contribution in [2.45, 2.75) is 105 Å². The number of rotatable bonds is 2. The minimum atomic E-state index is -0.0733. The van der Waals surface area contributed by atoms with Crippen molar-refractivity contribution >= 4 is 78.0 Å². The number of pyridine rings is 1. The molecule has 8 rings (SSSR count). The average Bonchev–Trinajstić information content (AvgIpc) is 3.45. The second kappa shape index (κ2) is 11.6. The predicted octanol–water partition coefficient (Wildman–Crippen LogP) is 11.6. The van der Waals surface area contributed by atoms with Gasteiger partial charge in [-0.05, 0) is 109 Å². The summed E-state index contributed by atoms with van der Waals surface area (Å²) in [6, 6.07) is 33.0. The molecule has 0 saturated heterocycles. The van der Waals surface area contributed by atoms with E-state index in [0.29, 0.717) is 0 Å². The molecule has 0 N–H and O–H groups in total. The second-order valence-electron chi connectivity index (χ2n) is 19.1. The Hall–Kier alpha value is -4.35. The van der Waals surface area contributed by atoms with E-state index in [1.54, 1.807) is 0 Å². The lowest BCUT2D eigenvalue weighted by Crippen LogP contribution is -2.60. The largest absolute Gasteiger partial charge is 0.310 e. The lowest BCUT2D eigenvalue weighted by atomic mass is 9.36. The van der Waals surface area contributed by atoms with Gasteiger partial charge in [0.2, 0.25) is 0 Å². The first kappa shape index (κ1) is 34.7. The zero-order valence-corrected chi connectivity index (χ0v) is 33.9. The summed E-state index contributed by atoms with van der Waals surface area (Å²) in [7, 11) is 0. The Balaban J connectivity index is 1.48. The Morgan fingerprint density at radius 2 is 1.02 bits per heavy atom. The molecule has 4 heterocycles. The topological polar surface area (TPSA) is 19.4 Å². The Morgan fingerprint density at radius 3 is 1.56 bits per heavy atom. The summed E-state index contributed by atoms with van der Waals surface area (Å²) in [6.45, 7) is 27.8. The van der Waals surface area contributed by atoms with Crippen molar-refractivity contribution < 1.29 is 0 Å². The van der Waals surface area contributed by atoms with Gasteiger partial charge in [-0.2, -0.15) is 0 Å². The highest BCUT2D eigenvalue weighted by atomic mass is 32.1. The van der Waals surface area contributed by atoms with Crippen molar-refractivity contribution in [3.05, 3.63) is 120 Å². The van der Waals surface area contributed by atoms with Gasteiger partial charge in [-0.15, -0.1) is 11.3 Å². The summed E-state index contributed by atoms with van der Waals surface area (Å²) in [6.07, 6.45) is 4.07. The Bertz CT molecular complexity index is 2340. The number of thiophene rings is 1. The molecule has 52 heavy (non-hydrogen) atoms. The van der Waals surface area contributed by atoms with Gasteiger partial charge in [-0.3, -0.25) is 4.98 Å². The molecule has 0 bridgehead atoms. The Kier molecular flexibility index (Phi) is 7.73. The molecule has 0 aliphatic carbocycles. The van der Waals surface area contributed by atoms with Crippen molar-refractivity contribution in [1.29, 1.82) is 0 Å². The van der Waals surface area contributed by atoms with E-state index in [9.17, 15) is 0 Å². The summed E-state index contributed by atoms with van der Waals surface area (Å²) < 4.78 is 2.73. The molecule has 2 aliphatic heterocycles. The van der Waals surface area contributed by atoms with Crippen LogP contribution in [-0.4, -0.2) is 11.7 Å². The van der Waals surface area contributed by atoms with Crippen LogP contribution in [0, 0.1) is 0 Å². The molecule has 4 aromatic carbocycles. The molecule has 0 atom stereocenters. The number of hydrogen-bond acceptors (Lipinski definition) is 4. The quantitative estimate of drug-likeness (QED) is 0.167. The van der Waals surface area contributed by atoms with Crippen molar-refractivity contribution in [2.75, 3.05) is 9.80 Å². The number of fused-ring (bicyclic) bond motifs is 6. The van der Waals surface area contributed by atoms with Crippen molar-refractivity contribution in [2.24, 2.45) is 0 Å². The Morgan fingerprint density at radius 1 is 0.519 bits per heavy atom. The number of nitrogens with zero attached hydrogens (tertiary/aromatic N) is 3. The van der Waals surface area contributed by atoms with E-state index >= 15 is 0 Å². The van der Waals surface area contributed by atoms with E-state index in [4.69, 9.17) is 4.98 Å². The van der Waals surface area contributed by atoms with Gasteiger partial charge in [0, 0.05) is 43.8 Å². The van der Waals surface area contributed by atoms with E-state index in [1.807, 2.05) is 17.5 Å². The minimum Gasteiger partial charge on any atom is -0.310 e. The van der Waals surface area contributed by atoms with Gasteiger partial charge in [-0.25, -0.2) is 0 Å². The molecule has 0 fully saturated rings. The van der Waals surface area contributed by atoms with Crippen molar-refractivity contribution in [3.8, 4) is 0 Å². The maximum atomic E-state index is 4.76. The smallest absolute Gasteiger partial charge is 0.264 e. The van der Waals surface area contributed by atoms with Crippen LogP contribution in [0.2, 0.25) is 0 Å². The van der Waals surface area contributed by atoms with Crippen LogP contribution in [0.15, 0.2) is 97.3 Å². The van der Waals surface area contributed by atoms with Crippen molar-refractivity contribution in [1.82, 2.24) is 4.98 Å². The molecule has 0 unspecified atom stereocenters. The Labute approximate surface area is 315 Å². The van der Waals surface area contributed by atoms with E-state index in [1.165, 1.54) is 70.8 Å². The van der Waals surface area contributed by atoms with Gasteiger partial charge in [0.1, 0.15) is 0 Å². The monoisotopic (exact) mass is 701 g/mol. The van der Waals surface area contributed by atoms with Crippen LogP contribution in [0.1, 0.15) is 105 Å². The molecule has 0 amide bonds. The summed E-state index contributed by atoms with van der Waals surface area (Å²) in [4.78, 5) is 9.85. The predicted molar refractivity (Wildman–Crippen MR) is 228 cm³/mol. The fraction of sp³-hybridized carbons (Fsp3) is 0.340. The van der Waals surface area contributed by atoms with Crippen LogP contribution in [0.3, 0.4) is 0 Å². The highest BCUT2D eigenvalue weighted by Crippen LogP contribution is 2.49. The lowest BCUT2D eigenvalue weighted by molar-refractivity contribution is 0.590. The van der Waals surface area contributed by atoms with Crippen LogP contribution in [-0.2, 0) is 21.7 Å². The normalized spacial score (nSPS) is 14.4. The van der Waals surface area contributed by atoms with Crippen LogP contribution < -0.4 is 25.5 Å². The molecule has 2 aromatic heterocycles. The fourth-order valence-corrected chi connectivity index (χ4v) is 9.29. The van der Waals surface area contributed by atoms with Gasteiger partial charge in [0.05, 0.1) is 17.6 Å². The van der Waals surface area contributed by atoms with Crippen LogP contribution in [0.5, 0.6) is 0 Å². The van der Waals surface area contributed by atoms with E-state index in [-0.39, 0.29) is 28.4 Å². The molecular weight excluding hydrogens is 649 g/mol. The van der Waals surface area contributed by atoms with Crippen LogP contribution in [0.25, 0.3) is 10.1 Å². The van der Waals surface area contributed by atoms with Gasteiger partial charge >= 0.3 is 0 Å². The molecule has 0 radical (unpaired) electrons. The molecule has 3 nitrogen and oxygen atoms in total. The minimum absolute atomic E-state index is 0.0352. The highest BCUT2D eigenvalue weighted by Gasteiger charge is 2.46. The highest BCUT2D eigenvalue weighted by molar-refractivity contribution is 7.33. The molecule has 2 aliphatic rings.